The Bertz CT molecular complexity index is 605. The molecule has 0 aromatic carbocycles. The second-order valence-corrected chi connectivity index (χ2v) is 12.5. The summed E-state index contributed by atoms with van der Waals surface area (Å²) in [7, 11) is 2.16. The van der Waals surface area contributed by atoms with E-state index in [0.29, 0.717) is 10.8 Å². The highest BCUT2D eigenvalue weighted by atomic mass is 14.9. The molecule has 0 aromatic heterocycles. The van der Waals surface area contributed by atoms with Gasteiger partial charge in [0.2, 0.25) is 0 Å². The van der Waals surface area contributed by atoms with Gasteiger partial charge in [-0.1, -0.05) is 65.5 Å². The number of allylic oxidation sites excluding steroid dienone is 1. The third kappa shape index (κ3) is 3.77. The topological polar surface area (TPSA) is 12.0 Å². The van der Waals surface area contributed by atoms with E-state index in [1.54, 1.807) is 0 Å². The maximum Gasteiger partial charge on any atom is 0.0102 e. The second kappa shape index (κ2) is 8.33. The molecule has 1 heteroatoms. The lowest BCUT2D eigenvalue weighted by Gasteiger charge is -2.58. The standard InChI is InChI=1S/C28H49N/c1-19(2)8-7-9-20(3)24-12-13-25-23-11-10-21-18-22(29-6)14-16-27(21,4)26(23)15-17-28(24,25)5/h10,19-20,22-26,29H,7-9,11-18H2,1-6H3/t20-,22+,23+,24?,25?,26?,27?,28?/m1/s1. The van der Waals surface area contributed by atoms with Crippen LogP contribution in [0.1, 0.15) is 105 Å². The van der Waals surface area contributed by atoms with Crippen LogP contribution < -0.4 is 5.32 Å². The average molecular weight is 400 g/mol. The summed E-state index contributed by atoms with van der Waals surface area (Å²) in [6, 6.07) is 0.724. The van der Waals surface area contributed by atoms with Crippen molar-refractivity contribution < 1.29 is 0 Å². The van der Waals surface area contributed by atoms with Crippen molar-refractivity contribution in [3.8, 4) is 0 Å². The van der Waals surface area contributed by atoms with Crippen LogP contribution in [0.4, 0.5) is 0 Å². The van der Waals surface area contributed by atoms with Crippen molar-refractivity contribution in [3.05, 3.63) is 11.6 Å². The summed E-state index contributed by atoms with van der Waals surface area (Å²) in [5, 5.41) is 3.57. The molecule has 8 atom stereocenters. The van der Waals surface area contributed by atoms with E-state index in [9.17, 15) is 0 Å². The van der Waals surface area contributed by atoms with Gasteiger partial charge in [-0.25, -0.2) is 0 Å². The van der Waals surface area contributed by atoms with E-state index >= 15 is 0 Å². The van der Waals surface area contributed by atoms with E-state index < -0.39 is 0 Å². The van der Waals surface area contributed by atoms with Crippen LogP contribution in [0.3, 0.4) is 0 Å². The summed E-state index contributed by atoms with van der Waals surface area (Å²) in [4.78, 5) is 0. The summed E-state index contributed by atoms with van der Waals surface area (Å²) in [6.45, 7) is 12.8. The molecule has 5 unspecified atom stereocenters. The molecular weight excluding hydrogens is 350 g/mol. The minimum Gasteiger partial charge on any atom is -0.317 e. The van der Waals surface area contributed by atoms with E-state index in [-0.39, 0.29) is 0 Å². The van der Waals surface area contributed by atoms with Gasteiger partial charge in [0.15, 0.2) is 0 Å². The summed E-state index contributed by atoms with van der Waals surface area (Å²) in [6.07, 6.45) is 18.6. The molecule has 3 fully saturated rings. The average Bonchev–Trinajstić information content (AvgIpc) is 3.04. The largest absolute Gasteiger partial charge is 0.317 e. The summed E-state index contributed by atoms with van der Waals surface area (Å²) in [5.41, 5.74) is 2.96. The second-order valence-electron chi connectivity index (χ2n) is 12.5. The molecule has 0 aromatic rings. The molecule has 1 nitrogen and oxygen atoms in total. The highest BCUT2D eigenvalue weighted by Crippen LogP contribution is 2.67. The molecule has 4 rings (SSSR count). The molecule has 3 saturated carbocycles. The number of hydrogen-bond acceptors (Lipinski definition) is 1. The van der Waals surface area contributed by atoms with Crippen LogP contribution in [0.25, 0.3) is 0 Å². The molecule has 0 aliphatic heterocycles. The van der Waals surface area contributed by atoms with Gasteiger partial charge in [-0.3, -0.25) is 0 Å². The zero-order valence-corrected chi connectivity index (χ0v) is 20.4. The van der Waals surface area contributed by atoms with Gasteiger partial charge >= 0.3 is 0 Å². The Labute approximate surface area is 181 Å². The van der Waals surface area contributed by atoms with Gasteiger partial charge in [-0.2, -0.15) is 0 Å². The third-order valence-electron chi connectivity index (χ3n) is 10.7. The summed E-state index contributed by atoms with van der Waals surface area (Å²) < 4.78 is 0. The van der Waals surface area contributed by atoms with Crippen molar-refractivity contribution in [3.63, 3.8) is 0 Å². The van der Waals surface area contributed by atoms with Gasteiger partial charge < -0.3 is 5.32 Å². The first-order valence-corrected chi connectivity index (χ1v) is 13.2. The van der Waals surface area contributed by atoms with Crippen molar-refractivity contribution in [1.29, 1.82) is 0 Å². The van der Waals surface area contributed by atoms with E-state index in [1.165, 1.54) is 70.6 Å². The smallest absolute Gasteiger partial charge is 0.0102 e. The molecule has 0 saturated heterocycles. The highest BCUT2D eigenvalue weighted by molar-refractivity contribution is 5.25. The van der Waals surface area contributed by atoms with Crippen molar-refractivity contribution in [2.24, 2.45) is 46.3 Å². The Hall–Kier alpha value is -0.300. The van der Waals surface area contributed by atoms with Crippen molar-refractivity contribution in [1.82, 2.24) is 5.32 Å². The van der Waals surface area contributed by atoms with Crippen LogP contribution >= 0.6 is 0 Å². The van der Waals surface area contributed by atoms with Gasteiger partial charge in [0.25, 0.3) is 0 Å². The monoisotopic (exact) mass is 399 g/mol. The van der Waals surface area contributed by atoms with E-state index in [0.717, 1.165) is 41.5 Å². The highest BCUT2D eigenvalue weighted by Gasteiger charge is 2.59. The SMILES string of the molecule is CN[C@H]1CCC2(C)C(=CC[C@@H]3C2CCC2(C)C3CCC2[C@H](C)CCCC(C)C)C1. The maximum atomic E-state index is 3.57. The van der Waals surface area contributed by atoms with Crippen LogP contribution in [0.5, 0.6) is 0 Å². The van der Waals surface area contributed by atoms with Gasteiger partial charge in [-0.05, 0) is 105 Å². The molecule has 0 bridgehead atoms. The Kier molecular flexibility index (Phi) is 6.29. The number of nitrogens with one attached hydrogen (secondary N) is 1. The molecule has 0 spiro atoms. The van der Waals surface area contributed by atoms with Gasteiger partial charge in [0.05, 0.1) is 0 Å². The Morgan fingerprint density at radius 2 is 1.79 bits per heavy atom. The van der Waals surface area contributed by atoms with Crippen LogP contribution in [0.2, 0.25) is 0 Å². The predicted molar refractivity (Wildman–Crippen MR) is 126 cm³/mol. The first-order chi connectivity index (χ1) is 13.8. The fourth-order valence-electron chi connectivity index (χ4n) is 8.93. The maximum absolute atomic E-state index is 3.57. The van der Waals surface area contributed by atoms with Crippen LogP contribution in [0.15, 0.2) is 11.6 Å². The quantitative estimate of drug-likeness (QED) is 0.453. The van der Waals surface area contributed by atoms with Crippen molar-refractivity contribution >= 4 is 0 Å². The van der Waals surface area contributed by atoms with Gasteiger partial charge in [-0.15, -0.1) is 0 Å². The first kappa shape index (κ1) is 21.9. The minimum absolute atomic E-state index is 0.512. The Morgan fingerprint density at radius 1 is 1.00 bits per heavy atom. The zero-order valence-electron chi connectivity index (χ0n) is 20.4. The summed E-state index contributed by atoms with van der Waals surface area (Å²) >= 11 is 0. The lowest BCUT2D eigenvalue weighted by molar-refractivity contribution is -0.0513. The molecule has 1 N–H and O–H groups in total. The van der Waals surface area contributed by atoms with E-state index in [2.05, 4.69) is 53.1 Å². The molecule has 4 aliphatic carbocycles. The zero-order chi connectivity index (χ0) is 20.8. The van der Waals surface area contributed by atoms with Crippen molar-refractivity contribution in [2.45, 2.75) is 111 Å². The van der Waals surface area contributed by atoms with Gasteiger partial charge in [0, 0.05) is 6.04 Å². The third-order valence-corrected chi connectivity index (χ3v) is 10.7. The molecule has 0 amide bonds. The minimum atomic E-state index is 0.512. The number of rotatable bonds is 6. The van der Waals surface area contributed by atoms with E-state index in [4.69, 9.17) is 0 Å². The Morgan fingerprint density at radius 3 is 2.52 bits per heavy atom. The normalized spacial score (nSPS) is 45.3. The fraction of sp³-hybridized carbons (Fsp3) is 0.929. The molecule has 29 heavy (non-hydrogen) atoms. The molecule has 0 heterocycles. The Balaban J connectivity index is 1.48. The predicted octanol–water partition coefficient (Wildman–Crippen LogP) is 7.62. The molecule has 4 aliphatic rings. The summed E-state index contributed by atoms with van der Waals surface area (Å²) in [5.74, 6) is 5.72. The molecular formula is C28H49N. The number of fused-ring (bicyclic) bond motifs is 5. The first-order valence-electron chi connectivity index (χ1n) is 13.2. The molecule has 0 radical (unpaired) electrons. The lowest BCUT2D eigenvalue weighted by Crippen LogP contribution is -2.51. The van der Waals surface area contributed by atoms with Crippen LogP contribution in [0, 0.1) is 46.3 Å². The van der Waals surface area contributed by atoms with Gasteiger partial charge in [0.1, 0.15) is 0 Å². The number of hydrogen-bond donors (Lipinski definition) is 1. The fourth-order valence-corrected chi connectivity index (χ4v) is 8.93. The lowest BCUT2D eigenvalue weighted by atomic mass is 9.47. The van der Waals surface area contributed by atoms with Crippen LogP contribution in [-0.2, 0) is 0 Å². The van der Waals surface area contributed by atoms with Crippen molar-refractivity contribution in [2.75, 3.05) is 7.05 Å². The molecule has 166 valence electrons. The van der Waals surface area contributed by atoms with Crippen LogP contribution in [-0.4, -0.2) is 13.1 Å². The van der Waals surface area contributed by atoms with E-state index in [1.807, 2.05) is 5.57 Å².